The van der Waals surface area contributed by atoms with Crippen LogP contribution in [0.2, 0.25) is 0 Å². The number of nitrogens with zero attached hydrogens (tertiary/aromatic N) is 3. The van der Waals surface area contributed by atoms with E-state index in [1.165, 1.54) is 6.42 Å². The Bertz CT molecular complexity index is 555. The van der Waals surface area contributed by atoms with Crippen molar-refractivity contribution < 1.29 is 14.3 Å². The van der Waals surface area contributed by atoms with Crippen molar-refractivity contribution in [2.75, 3.05) is 45.8 Å². The first-order valence-corrected chi connectivity index (χ1v) is 10.7. The summed E-state index contributed by atoms with van der Waals surface area (Å²) in [5, 5.41) is 6.90. The van der Waals surface area contributed by atoms with Crippen LogP contribution in [0.15, 0.2) is 4.99 Å². The molecule has 0 radical (unpaired) electrons. The number of fused-ring (bicyclic) bond motifs is 2. The van der Waals surface area contributed by atoms with E-state index in [0.717, 1.165) is 51.5 Å². The van der Waals surface area contributed by atoms with E-state index in [-0.39, 0.29) is 6.09 Å². The Balaban J connectivity index is 1.39. The first-order chi connectivity index (χ1) is 13.3. The van der Waals surface area contributed by atoms with Crippen molar-refractivity contribution >= 4 is 12.1 Å². The van der Waals surface area contributed by atoms with E-state index >= 15 is 0 Å². The van der Waals surface area contributed by atoms with Crippen molar-refractivity contribution in [1.82, 2.24) is 20.4 Å². The number of hydrogen-bond acceptors (Lipinski definition) is 5. The van der Waals surface area contributed by atoms with Crippen molar-refractivity contribution in [3.8, 4) is 0 Å². The second-order valence-electron chi connectivity index (χ2n) is 8.93. The number of guanidine groups is 1. The van der Waals surface area contributed by atoms with E-state index < -0.39 is 5.60 Å². The van der Waals surface area contributed by atoms with Gasteiger partial charge < -0.3 is 25.0 Å². The fourth-order valence-corrected chi connectivity index (χ4v) is 4.07. The Morgan fingerprint density at radius 1 is 1.21 bits per heavy atom. The normalized spacial score (nSPS) is 28.5. The highest BCUT2D eigenvalue weighted by atomic mass is 16.6. The summed E-state index contributed by atoms with van der Waals surface area (Å²) in [6.45, 7) is 13.4. The molecule has 0 aromatic carbocycles. The summed E-state index contributed by atoms with van der Waals surface area (Å²) in [5.74, 6) is 0.885. The Labute approximate surface area is 169 Å². The minimum atomic E-state index is -0.442. The molecule has 3 fully saturated rings. The second kappa shape index (κ2) is 9.31. The lowest BCUT2D eigenvalue weighted by Gasteiger charge is -2.35. The van der Waals surface area contributed by atoms with Crippen molar-refractivity contribution in [2.45, 2.75) is 70.8 Å². The van der Waals surface area contributed by atoms with Crippen LogP contribution in [-0.2, 0) is 9.47 Å². The smallest absolute Gasteiger partial charge is 0.410 e. The van der Waals surface area contributed by atoms with Gasteiger partial charge in [-0.15, -0.1) is 0 Å². The standard InChI is InChI=1S/C20H37N5O3/c1-5-21-18(23-16-14-15-6-7-17(16)27-15)22-8-9-24-10-12-25(13-11-24)19(26)28-20(2,3)4/h15-17H,5-14H2,1-4H3,(H2,21,22,23). The molecule has 1 amide bonds. The molecule has 2 bridgehead atoms. The third kappa shape index (κ3) is 5.98. The summed E-state index contributed by atoms with van der Waals surface area (Å²) < 4.78 is 11.4. The molecule has 3 saturated heterocycles. The molecule has 160 valence electrons. The number of piperazine rings is 1. The first-order valence-electron chi connectivity index (χ1n) is 10.7. The lowest BCUT2D eigenvalue weighted by atomic mass is 9.96. The van der Waals surface area contributed by atoms with Gasteiger partial charge in [0.05, 0.1) is 24.8 Å². The molecule has 28 heavy (non-hydrogen) atoms. The van der Waals surface area contributed by atoms with Gasteiger partial charge in [-0.1, -0.05) is 0 Å². The maximum Gasteiger partial charge on any atom is 0.410 e. The van der Waals surface area contributed by atoms with E-state index in [4.69, 9.17) is 14.5 Å². The number of rotatable bonds is 5. The summed E-state index contributed by atoms with van der Waals surface area (Å²) in [4.78, 5) is 21.1. The van der Waals surface area contributed by atoms with Crippen molar-refractivity contribution in [1.29, 1.82) is 0 Å². The van der Waals surface area contributed by atoms with Gasteiger partial charge >= 0.3 is 6.09 Å². The maximum absolute atomic E-state index is 12.2. The number of carbonyl (C=O) groups is 1. The van der Waals surface area contributed by atoms with Gasteiger partial charge in [-0.3, -0.25) is 9.89 Å². The number of amides is 1. The van der Waals surface area contributed by atoms with Gasteiger partial charge in [0.15, 0.2) is 5.96 Å². The largest absolute Gasteiger partial charge is 0.444 e. The van der Waals surface area contributed by atoms with Gasteiger partial charge in [-0.25, -0.2) is 4.79 Å². The van der Waals surface area contributed by atoms with Crippen LogP contribution in [0, 0.1) is 0 Å². The zero-order chi connectivity index (χ0) is 20.1. The van der Waals surface area contributed by atoms with Crippen LogP contribution in [-0.4, -0.2) is 91.5 Å². The molecule has 0 spiro atoms. The zero-order valence-corrected chi connectivity index (χ0v) is 17.9. The summed E-state index contributed by atoms with van der Waals surface area (Å²) in [7, 11) is 0. The molecule has 3 unspecified atom stereocenters. The number of carbonyl (C=O) groups excluding carboxylic acids is 1. The highest BCUT2D eigenvalue weighted by molar-refractivity contribution is 5.80. The lowest BCUT2D eigenvalue weighted by Crippen LogP contribution is -2.50. The molecule has 3 rings (SSSR count). The summed E-state index contributed by atoms with van der Waals surface area (Å²) in [5.41, 5.74) is -0.442. The first kappa shape index (κ1) is 21.2. The quantitative estimate of drug-likeness (QED) is 0.541. The molecule has 8 nitrogen and oxygen atoms in total. The van der Waals surface area contributed by atoms with Crippen LogP contribution in [0.5, 0.6) is 0 Å². The van der Waals surface area contributed by atoms with E-state index in [1.807, 2.05) is 20.8 Å². The van der Waals surface area contributed by atoms with Gasteiger partial charge in [0.25, 0.3) is 0 Å². The third-order valence-corrected chi connectivity index (χ3v) is 5.48. The van der Waals surface area contributed by atoms with Crippen LogP contribution in [0.1, 0.15) is 47.0 Å². The number of aliphatic imine (C=N–C) groups is 1. The van der Waals surface area contributed by atoms with Crippen molar-refractivity contribution in [3.63, 3.8) is 0 Å². The molecule has 0 aromatic rings. The van der Waals surface area contributed by atoms with Gasteiger partial charge in [0.2, 0.25) is 0 Å². The van der Waals surface area contributed by atoms with E-state index in [0.29, 0.717) is 31.3 Å². The minimum absolute atomic E-state index is 0.211. The van der Waals surface area contributed by atoms with Crippen LogP contribution in [0.4, 0.5) is 4.79 Å². The Morgan fingerprint density at radius 2 is 1.96 bits per heavy atom. The molecule has 3 heterocycles. The van der Waals surface area contributed by atoms with Crippen LogP contribution in [0.3, 0.4) is 0 Å². The molecular weight excluding hydrogens is 358 g/mol. The number of hydrogen-bond donors (Lipinski definition) is 2. The van der Waals surface area contributed by atoms with Gasteiger partial charge in [0.1, 0.15) is 5.60 Å². The predicted octanol–water partition coefficient (Wildman–Crippen LogP) is 1.41. The lowest BCUT2D eigenvalue weighted by molar-refractivity contribution is 0.0148. The minimum Gasteiger partial charge on any atom is -0.444 e. The summed E-state index contributed by atoms with van der Waals surface area (Å²) in [6.07, 6.45) is 4.01. The molecule has 0 aromatic heterocycles. The fourth-order valence-electron chi connectivity index (χ4n) is 4.07. The van der Waals surface area contributed by atoms with Crippen molar-refractivity contribution in [3.05, 3.63) is 0 Å². The molecule has 3 atom stereocenters. The Hall–Kier alpha value is -1.54. The second-order valence-corrected chi connectivity index (χ2v) is 8.93. The highest BCUT2D eigenvalue weighted by Gasteiger charge is 2.41. The zero-order valence-electron chi connectivity index (χ0n) is 17.9. The topological polar surface area (TPSA) is 78.4 Å². The maximum atomic E-state index is 12.2. The molecule has 0 saturated carbocycles. The molecule has 8 heteroatoms. The average molecular weight is 396 g/mol. The number of nitrogens with one attached hydrogen (secondary N) is 2. The van der Waals surface area contributed by atoms with Crippen LogP contribution < -0.4 is 10.6 Å². The van der Waals surface area contributed by atoms with E-state index in [2.05, 4.69) is 22.5 Å². The molecule has 3 aliphatic heterocycles. The Morgan fingerprint density at radius 3 is 2.54 bits per heavy atom. The van der Waals surface area contributed by atoms with Crippen molar-refractivity contribution in [2.24, 2.45) is 4.99 Å². The van der Waals surface area contributed by atoms with Gasteiger partial charge in [-0.05, 0) is 47.0 Å². The molecule has 2 N–H and O–H groups in total. The van der Waals surface area contributed by atoms with Crippen LogP contribution in [0.25, 0.3) is 0 Å². The van der Waals surface area contributed by atoms with Gasteiger partial charge in [-0.2, -0.15) is 0 Å². The predicted molar refractivity (Wildman–Crippen MR) is 110 cm³/mol. The monoisotopic (exact) mass is 395 g/mol. The fraction of sp³-hybridized carbons (Fsp3) is 0.900. The highest BCUT2D eigenvalue weighted by Crippen LogP contribution is 2.34. The SMILES string of the molecule is CCNC(=NCCN1CCN(C(=O)OC(C)(C)C)CC1)NC1CC2CCC1O2. The third-order valence-electron chi connectivity index (χ3n) is 5.48. The van der Waals surface area contributed by atoms with E-state index in [9.17, 15) is 4.79 Å². The molecule has 3 aliphatic rings. The summed E-state index contributed by atoms with van der Waals surface area (Å²) >= 11 is 0. The number of ether oxygens (including phenoxy) is 2. The van der Waals surface area contributed by atoms with Crippen LogP contribution >= 0.6 is 0 Å². The van der Waals surface area contributed by atoms with E-state index in [1.54, 1.807) is 4.90 Å². The van der Waals surface area contributed by atoms with Gasteiger partial charge in [0, 0.05) is 39.3 Å². The summed E-state index contributed by atoms with van der Waals surface area (Å²) in [6, 6.07) is 0.383. The molecule has 0 aliphatic carbocycles. The molecular formula is C20H37N5O3. The average Bonchev–Trinajstić information content (AvgIpc) is 3.24. The Kier molecular flexibility index (Phi) is 7.04.